The summed E-state index contributed by atoms with van der Waals surface area (Å²) in [6.07, 6.45) is 0.643. The monoisotopic (exact) mass is 295 g/mol. The van der Waals surface area contributed by atoms with Gasteiger partial charge in [0.1, 0.15) is 6.07 Å². The fourth-order valence-electron chi connectivity index (χ4n) is 1.73. The van der Waals surface area contributed by atoms with Crippen molar-refractivity contribution in [3.05, 3.63) is 28.8 Å². The topological polar surface area (TPSA) is 76.4 Å². The Hall–Kier alpha value is -1.61. The molecule has 5 nitrogen and oxygen atoms in total. The molecule has 108 valence electrons. The summed E-state index contributed by atoms with van der Waals surface area (Å²) in [4.78, 5) is 13.8. The van der Waals surface area contributed by atoms with Crippen LogP contribution in [0.4, 0.5) is 5.69 Å². The SMILES string of the molecule is CCN(CCCO)CC(=O)Nc1ccc(C#N)c(Cl)c1. The third-order valence-corrected chi connectivity index (χ3v) is 3.13. The van der Waals surface area contributed by atoms with Crippen molar-refractivity contribution in [2.75, 3.05) is 31.6 Å². The molecule has 0 radical (unpaired) electrons. The second kappa shape index (κ2) is 8.54. The molecule has 0 saturated carbocycles. The molecule has 0 aliphatic rings. The zero-order valence-corrected chi connectivity index (χ0v) is 12.2. The van der Waals surface area contributed by atoms with E-state index in [2.05, 4.69) is 5.32 Å². The van der Waals surface area contributed by atoms with Gasteiger partial charge in [-0.05, 0) is 31.2 Å². The van der Waals surface area contributed by atoms with Crippen LogP contribution in [-0.4, -0.2) is 42.2 Å². The number of likely N-dealkylation sites (N-methyl/N-ethyl adjacent to an activating group) is 1. The molecule has 0 spiro atoms. The van der Waals surface area contributed by atoms with Gasteiger partial charge in [-0.25, -0.2) is 0 Å². The lowest BCUT2D eigenvalue weighted by molar-refractivity contribution is -0.117. The van der Waals surface area contributed by atoms with Crippen LogP contribution in [0.5, 0.6) is 0 Å². The molecule has 0 saturated heterocycles. The van der Waals surface area contributed by atoms with Crippen molar-refractivity contribution in [1.82, 2.24) is 4.90 Å². The summed E-state index contributed by atoms with van der Waals surface area (Å²) in [7, 11) is 0. The second-order valence-corrected chi connectivity index (χ2v) is 4.71. The van der Waals surface area contributed by atoms with E-state index in [0.717, 1.165) is 6.54 Å². The van der Waals surface area contributed by atoms with E-state index in [9.17, 15) is 4.79 Å². The Morgan fingerprint density at radius 3 is 2.85 bits per heavy atom. The Balaban J connectivity index is 2.57. The largest absolute Gasteiger partial charge is 0.396 e. The summed E-state index contributed by atoms with van der Waals surface area (Å²) in [5, 5.41) is 20.6. The van der Waals surface area contributed by atoms with E-state index in [0.29, 0.717) is 29.2 Å². The Bertz CT molecular complexity index is 500. The molecule has 0 fully saturated rings. The molecule has 20 heavy (non-hydrogen) atoms. The number of carbonyl (C=O) groups is 1. The average Bonchev–Trinajstić information content (AvgIpc) is 2.43. The highest BCUT2D eigenvalue weighted by Gasteiger charge is 2.10. The van der Waals surface area contributed by atoms with Gasteiger partial charge in [0.15, 0.2) is 0 Å². The lowest BCUT2D eigenvalue weighted by Gasteiger charge is -2.19. The first kappa shape index (κ1) is 16.4. The molecule has 0 aliphatic heterocycles. The fourth-order valence-corrected chi connectivity index (χ4v) is 1.95. The second-order valence-electron chi connectivity index (χ2n) is 4.30. The molecule has 0 unspecified atom stereocenters. The molecular weight excluding hydrogens is 278 g/mol. The number of hydrogen-bond donors (Lipinski definition) is 2. The average molecular weight is 296 g/mol. The maximum absolute atomic E-state index is 11.9. The summed E-state index contributed by atoms with van der Waals surface area (Å²) in [6, 6.07) is 6.74. The van der Waals surface area contributed by atoms with Crippen LogP contribution in [-0.2, 0) is 4.79 Å². The highest BCUT2D eigenvalue weighted by molar-refractivity contribution is 6.32. The summed E-state index contributed by atoms with van der Waals surface area (Å²) in [5.41, 5.74) is 0.944. The summed E-state index contributed by atoms with van der Waals surface area (Å²) < 4.78 is 0. The molecular formula is C14H18ClN3O2. The molecule has 0 aliphatic carbocycles. The van der Waals surface area contributed by atoms with E-state index in [1.807, 2.05) is 17.9 Å². The standard InChI is InChI=1S/C14H18ClN3O2/c1-2-18(6-3-7-19)10-14(20)17-12-5-4-11(9-16)13(15)8-12/h4-5,8,19H,2-3,6-7,10H2,1H3,(H,17,20). The predicted molar refractivity (Wildman–Crippen MR) is 78.6 cm³/mol. The maximum Gasteiger partial charge on any atom is 0.238 e. The number of hydrogen-bond acceptors (Lipinski definition) is 4. The van der Waals surface area contributed by atoms with Gasteiger partial charge in [-0.15, -0.1) is 0 Å². The van der Waals surface area contributed by atoms with Crippen LogP contribution in [0.2, 0.25) is 5.02 Å². The van der Waals surface area contributed by atoms with Gasteiger partial charge in [0, 0.05) is 18.8 Å². The molecule has 1 amide bonds. The minimum Gasteiger partial charge on any atom is -0.396 e. The number of amides is 1. The first-order chi connectivity index (χ1) is 9.60. The quantitative estimate of drug-likeness (QED) is 0.805. The number of nitriles is 1. The molecule has 2 N–H and O–H groups in total. The van der Waals surface area contributed by atoms with E-state index in [4.69, 9.17) is 22.0 Å². The van der Waals surface area contributed by atoms with Crippen LogP contribution in [0.25, 0.3) is 0 Å². The molecule has 0 atom stereocenters. The maximum atomic E-state index is 11.9. The first-order valence-corrected chi connectivity index (χ1v) is 6.81. The lowest BCUT2D eigenvalue weighted by Crippen LogP contribution is -2.34. The van der Waals surface area contributed by atoms with Crippen molar-refractivity contribution in [3.63, 3.8) is 0 Å². The summed E-state index contributed by atoms with van der Waals surface area (Å²) in [6.45, 7) is 3.75. The number of rotatable bonds is 7. The van der Waals surface area contributed by atoms with Crippen LogP contribution in [0.3, 0.4) is 0 Å². The van der Waals surface area contributed by atoms with Crippen molar-refractivity contribution in [2.45, 2.75) is 13.3 Å². The van der Waals surface area contributed by atoms with E-state index in [1.165, 1.54) is 0 Å². The van der Waals surface area contributed by atoms with E-state index >= 15 is 0 Å². The van der Waals surface area contributed by atoms with Gasteiger partial charge < -0.3 is 10.4 Å². The summed E-state index contributed by atoms with van der Waals surface area (Å²) in [5.74, 6) is -0.148. The molecule has 1 aromatic rings. The van der Waals surface area contributed by atoms with Gasteiger partial charge in [-0.3, -0.25) is 9.69 Å². The number of halogens is 1. The molecule has 0 bridgehead atoms. The number of aliphatic hydroxyl groups excluding tert-OH is 1. The van der Waals surface area contributed by atoms with Crippen LogP contribution < -0.4 is 5.32 Å². The van der Waals surface area contributed by atoms with Crippen molar-refractivity contribution < 1.29 is 9.90 Å². The first-order valence-electron chi connectivity index (χ1n) is 6.43. The Morgan fingerprint density at radius 2 is 2.30 bits per heavy atom. The number of anilines is 1. The van der Waals surface area contributed by atoms with E-state index in [-0.39, 0.29) is 19.1 Å². The highest BCUT2D eigenvalue weighted by Crippen LogP contribution is 2.20. The number of nitrogens with zero attached hydrogens (tertiary/aromatic N) is 2. The normalized spacial score (nSPS) is 10.3. The van der Waals surface area contributed by atoms with Crippen molar-refractivity contribution >= 4 is 23.2 Å². The minimum absolute atomic E-state index is 0.114. The molecule has 0 aromatic heterocycles. The molecule has 1 aromatic carbocycles. The van der Waals surface area contributed by atoms with Gasteiger partial charge in [0.25, 0.3) is 0 Å². The minimum atomic E-state index is -0.148. The van der Waals surface area contributed by atoms with Crippen LogP contribution in [0, 0.1) is 11.3 Å². The predicted octanol–water partition coefficient (Wildman–Crippen LogP) is 1.85. The van der Waals surface area contributed by atoms with Gasteiger partial charge in [0.2, 0.25) is 5.91 Å². The zero-order valence-electron chi connectivity index (χ0n) is 11.4. The van der Waals surface area contributed by atoms with Crippen molar-refractivity contribution in [1.29, 1.82) is 5.26 Å². The van der Waals surface area contributed by atoms with E-state index in [1.54, 1.807) is 18.2 Å². The third kappa shape index (κ3) is 5.17. The molecule has 0 heterocycles. The number of nitrogens with one attached hydrogen (secondary N) is 1. The highest BCUT2D eigenvalue weighted by atomic mass is 35.5. The number of carbonyl (C=O) groups excluding carboxylic acids is 1. The van der Waals surface area contributed by atoms with Gasteiger partial charge in [0.05, 0.1) is 17.1 Å². The summed E-state index contributed by atoms with van der Waals surface area (Å²) >= 11 is 5.90. The van der Waals surface area contributed by atoms with E-state index < -0.39 is 0 Å². The number of benzene rings is 1. The Morgan fingerprint density at radius 1 is 1.55 bits per heavy atom. The Labute approximate surface area is 123 Å². The lowest BCUT2D eigenvalue weighted by atomic mass is 10.2. The van der Waals surface area contributed by atoms with Crippen LogP contribution in [0.1, 0.15) is 18.9 Å². The van der Waals surface area contributed by atoms with Gasteiger partial charge in [-0.1, -0.05) is 18.5 Å². The smallest absolute Gasteiger partial charge is 0.238 e. The van der Waals surface area contributed by atoms with Crippen molar-refractivity contribution in [2.24, 2.45) is 0 Å². The Kier molecular flexibility index (Phi) is 7.02. The van der Waals surface area contributed by atoms with Crippen LogP contribution in [0.15, 0.2) is 18.2 Å². The van der Waals surface area contributed by atoms with Crippen LogP contribution >= 0.6 is 11.6 Å². The fraction of sp³-hybridized carbons (Fsp3) is 0.429. The molecule has 6 heteroatoms. The molecule has 1 rings (SSSR count). The zero-order chi connectivity index (χ0) is 15.0. The van der Waals surface area contributed by atoms with Crippen molar-refractivity contribution in [3.8, 4) is 6.07 Å². The number of aliphatic hydroxyl groups is 1. The van der Waals surface area contributed by atoms with Gasteiger partial charge in [-0.2, -0.15) is 5.26 Å². The third-order valence-electron chi connectivity index (χ3n) is 2.82. The van der Waals surface area contributed by atoms with Gasteiger partial charge >= 0.3 is 0 Å².